The van der Waals surface area contributed by atoms with E-state index in [4.69, 9.17) is 16.6 Å². The topological polar surface area (TPSA) is 234 Å². The third kappa shape index (κ3) is 9.34. The van der Waals surface area contributed by atoms with Gasteiger partial charge in [-0.05, 0) is 24.1 Å². The number of aromatic hydroxyl groups is 1. The maximum Gasteiger partial charge on any atom is 0.326 e. The molecule has 0 aliphatic carbocycles. The molecule has 182 valence electrons. The van der Waals surface area contributed by atoms with Crippen molar-refractivity contribution in [3.8, 4) is 5.75 Å². The lowest BCUT2D eigenvalue weighted by Gasteiger charge is -2.23. The molecule has 4 atom stereocenters. The fourth-order valence-electron chi connectivity index (χ4n) is 2.59. The van der Waals surface area contributed by atoms with Crippen molar-refractivity contribution in [3.05, 3.63) is 29.8 Å². The zero-order chi connectivity index (χ0) is 25.1. The second-order valence-corrected chi connectivity index (χ2v) is 7.40. The lowest BCUT2D eigenvalue weighted by Crippen LogP contribution is -2.58. The van der Waals surface area contributed by atoms with Crippen LogP contribution in [-0.4, -0.2) is 81.4 Å². The monoisotopic (exact) mass is 485 g/mol. The number of carbonyl (C=O) groups excluding carboxylic acids is 4. The molecule has 0 aliphatic rings. The number of phenols is 1. The van der Waals surface area contributed by atoms with E-state index in [0.717, 1.165) is 0 Å². The highest BCUT2D eigenvalue weighted by atomic mass is 32.1. The fraction of sp³-hybridized carbons (Fsp3) is 0.421. The number of nitrogens with two attached hydrogens (primary N) is 2. The average molecular weight is 486 g/mol. The van der Waals surface area contributed by atoms with Crippen molar-refractivity contribution < 1.29 is 39.3 Å². The summed E-state index contributed by atoms with van der Waals surface area (Å²) in [4.78, 5) is 59.2. The minimum absolute atomic E-state index is 0.0513. The van der Waals surface area contributed by atoms with Gasteiger partial charge in [-0.2, -0.15) is 12.6 Å². The van der Waals surface area contributed by atoms with Crippen molar-refractivity contribution in [2.75, 3.05) is 12.4 Å². The van der Waals surface area contributed by atoms with Gasteiger partial charge in [0.2, 0.25) is 23.6 Å². The second kappa shape index (κ2) is 13.2. The summed E-state index contributed by atoms with van der Waals surface area (Å²) in [5.74, 6) is -5.28. The molecule has 10 N–H and O–H groups in total. The Bertz CT molecular complexity index is 866. The second-order valence-electron chi connectivity index (χ2n) is 7.03. The van der Waals surface area contributed by atoms with Gasteiger partial charge >= 0.3 is 5.97 Å². The molecule has 14 heteroatoms. The zero-order valence-electron chi connectivity index (χ0n) is 17.4. The lowest BCUT2D eigenvalue weighted by atomic mass is 10.1. The smallest absolute Gasteiger partial charge is 0.326 e. The summed E-state index contributed by atoms with van der Waals surface area (Å²) < 4.78 is 0. The summed E-state index contributed by atoms with van der Waals surface area (Å²) in [5, 5.41) is 34.3. The molecular weight excluding hydrogens is 458 g/mol. The third-order valence-electron chi connectivity index (χ3n) is 4.38. The van der Waals surface area contributed by atoms with Gasteiger partial charge in [0.1, 0.15) is 23.9 Å². The third-order valence-corrected chi connectivity index (χ3v) is 4.74. The lowest BCUT2D eigenvalue weighted by molar-refractivity contribution is -0.144. The van der Waals surface area contributed by atoms with Crippen molar-refractivity contribution in [3.63, 3.8) is 0 Å². The van der Waals surface area contributed by atoms with Gasteiger partial charge in [-0.1, -0.05) is 12.1 Å². The minimum atomic E-state index is -1.65. The van der Waals surface area contributed by atoms with Gasteiger partial charge in [0.25, 0.3) is 0 Å². The highest BCUT2D eigenvalue weighted by Crippen LogP contribution is 2.11. The molecule has 0 saturated carbocycles. The summed E-state index contributed by atoms with van der Waals surface area (Å²) in [6.07, 6.45) is -0.577. The minimum Gasteiger partial charge on any atom is -0.508 e. The summed E-state index contributed by atoms with van der Waals surface area (Å²) in [6.45, 7) is -0.895. The molecule has 0 saturated heterocycles. The van der Waals surface area contributed by atoms with E-state index in [2.05, 4.69) is 23.3 Å². The number of hydrogen-bond donors (Lipinski definition) is 9. The number of hydrogen-bond acceptors (Lipinski definition) is 9. The molecule has 33 heavy (non-hydrogen) atoms. The molecule has 1 aromatic carbocycles. The quantitative estimate of drug-likeness (QED) is 0.126. The van der Waals surface area contributed by atoms with E-state index in [1.807, 2.05) is 5.32 Å². The molecule has 0 radical (unpaired) electrons. The summed E-state index contributed by atoms with van der Waals surface area (Å²) in [6, 6.07) is 0.541. The summed E-state index contributed by atoms with van der Waals surface area (Å²) >= 11 is 4.00. The van der Waals surface area contributed by atoms with Gasteiger partial charge in [-0.15, -0.1) is 0 Å². The van der Waals surface area contributed by atoms with Gasteiger partial charge in [0.05, 0.1) is 19.1 Å². The summed E-state index contributed by atoms with van der Waals surface area (Å²) in [7, 11) is 0. The van der Waals surface area contributed by atoms with Gasteiger partial charge in [0, 0.05) is 5.75 Å². The van der Waals surface area contributed by atoms with E-state index in [1.54, 1.807) is 12.1 Å². The van der Waals surface area contributed by atoms with E-state index >= 15 is 0 Å². The van der Waals surface area contributed by atoms with Gasteiger partial charge < -0.3 is 42.7 Å². The molecule has 0 bridgehead atoms. The molecule has 0 aliphatic heterocycles. The van der Waals surface area contributed by atoms with Gasteiger partial charge in [0.15, 0.2) is 0 Å². The predicted octanol–water partition coefficient (Wildman–Crippen LogP) is -3.40. The molecule has 13 nitrogen and oxygen atoms in total. The van der Waals surface area contributed by atoms with Crippen LogP contribution in [0.4, 0.5) is 0 Å². The number of phenolic OH excluding ortho intramolecular Hbond substituents is 1. The fourth-order valence-corrected chi connectivity index (χ4v) is 2.85. The Hall–Kier alpha value is -3.36. The molecule has 4 unspecified atom stereocenters. The standard InChI is InChI=1S/C19H27N5O8S/c20-11(5-9-1-3-10(26)4-2-9)16(28)24-14(8-33)18(30)23-13(7-25)17(29)22-12(19(31)32)6-15(21)27/h1-4,11-14,25-26,33H,5-8,20H2,(H2,21,27)(H,22,29)(H,23,30)(H,24,28)(H,31,32). The Morgan fingerprint density at radius 1 is 0.909 bits per heavy atom. The Balaban J connectivity index is 2.72. The number of primary amides is 1. The van der Waals surface area contributed by atoms with Crippen molar-refractivity contribution in [2.24, 2.45) is 11.5 Å². The van der Waals surface area contributed by atoms with Gasteiger partial charge in [-0.25, -0.2) is 4.79 Å². The zero-order valence-corrected chi connectivity index (χ0v) is 18.3. The van der Waals surface area contributed by atoms with E-state index in [9.17, 15) is 34.2 Å². The first-order valence-corrected chi connectivity index (χ1v) is 10.3. The van der Waals surface area contributed by atoms with E-state index in [1.165, 1.54) is 12.1 Å². The van der Waals surface area contributed by atoms with Gasteiger partial charge in [-0.3, -0.25) is 19.2 Å². The van der Waals surface area contributed by atoms with Crippen LogP contribution in [0.5, 0.6) is 5.75 Å². The first kappa shape index (κ1) is 27.7. The molecule has 1 rings (SSSR count). The van der Waals surface area contributed by atoms with Crippen LogP contribution < -0.4 is 27.4 Å². The van der Waals surface area contributed by atoms with Crippen LogP contribution in [-0.2, 0) is 30.4 Å². The number of aliphatic hydroxyl groups is 1. The van der Waals surface area contributed by atoms with Crippen molar-refractivity contribution in [1.29, 1.82) is 0 Å². The van der Waals surface area contributed by atoms with Crippen LogP contribution in [0.2, 0.25) is 0 Å². The van der Waals surface area contributed by atoms with Crippen molar-refractivity contribution >= 4 is 42.2 Å². The van der Waals surface area contributed by atoms with E-state index in [0.29, 0.717) is 5.56 Å². The van der Waals surface area contributed by atoms with Crippen LogP contribution in [0.15, 0.2) is 24.3 Å². The summed E-state index contributed by atoms with van der Waals surface area (Å²) in [5.41, 5.74) is 11.5. The first-order valence-electron chi connectivity index (χ1n) is 9.65. The van der Waals surface area contributed by atoms with Crippen molar-refractivity contribution in [2.45, 2.75) is 37.0 Å². The SMILES string of the molecule is NC(=O)CC(NC(=O)C(CO)NC(=O)C(CS)NC(=O)C(N)Cc1ccc(O)cc1)C(=O)O. The molecule has 0 aromatic heterocycles. The largest absolute Gasteiger partial charge is 0.508 e. The maximum atomic E-state index is 12.5. The number of rotatable bonds is 13. The van der Waals surface area contributed by atoms with Crippen LogP contribution in [0.1, 0.15) is 12.0 Å². The number of nitrogens with one attached hydrogen (secondary N) is 3. The maximum absolute atomic E-state index is 12.5. The van der Waals surface area contributed by atoms with Crippen molar-refractivity contribution in [1.82, 2.24) is 16.0 Å². The average Bonchev–Trinajstić information content (AvgIpc) is 2.75. The number of carboxylic acids is 1. The number of carbonyl (C=O) groups is 5. The predicted molar refractivity (Wildman–Crippen MR) is 118 cm³/mol. The Labute approximate surface area is 194 Å². The number of carboxylic acid groups (broad SMARTS) is 1. The Kier molecular flexibility index (Phi) is 11.1. The van der Waals surface area contributed by atoms with Crippen LogP contribution in [0.3, 0.4) is 0 Å². The number of thiol groups is 1. The first-order chi connectivity index (χ1) is 15.5. The number of benzene rings is 1. The molecule has 1 aromatic rings. The van der Waals surface area contributed by atoms with Crippen LogP contribution in [0, 0.1) is 0 Å². The Morgan fingerprint density at radius 2 is 1.42 bits per heavy atom. The normalized spacial score (nSPS) is 14.3. The van der Waals surface area contributed by atoms with Crippen LogP contribution >= 0.6 is 12.6 Å². The molecule has 0 heterocycles. The molecular formula is C19H27N5O8S. The Morgan fingerprint density at radius 3 is 1.91 bits per heavy atom. The number of aliphatic hydroxyl groups excluding tert-OH is 1. The molecule has 0 spiro atoms. The number of aliphatic carboxylic acids is 1. The number of amides is 4. The highest BCUT2D eigenvalue weighted by Gasteiger charge is 2.30. The molecule has 4 amide bonds. The van der Waals surface area contributed by atoms with E-state index < -0.39 is 66.8 Å². The molecule has 0 fully saturated rings. The highest BCUT2D eigenvalue weighted by molar-refractivity contribution is 7.80. The van der Waals surface area contributed by atoms with E-state index in [-0.39, 0.29) is 17.9 Å². The van der Waals surface area contributed by atoms with Crippen LogP contribution in [0.25, 0.3) is 0 Å².